The Morgan fingerprint density at radius 1 is 1.64 bits per heavy atom. The zero-order valence-electron chi connectivity index (χ0n) is 7.74. The first kappa shape index (κ1) is 9.52. The van der Waals surface area contributed by atoms with Gasteiger partial charge in [0.25, 0.3) is 5.56 Å². The molecule has 0 spiro atoms. The minimum atomic E-state index is -0.0416. The van der Waals surface area contributed by atoms with Crippen molar-refractivity contribution < 1.29 is 0 Å². The Balaban J connectivity index is 2.22. The predicted molar refractivity (Wildman–Crippen MR) is 56.0 cm³/mol. The van der Waals surface area contributed by atoms with Crippen molar-refractivity contribution in [1.29, 1.82) is 0 Å². The molecule has 1 aromatic rings. The van der Waals surface area contributed by atoms with Crippen LogP contribution in [0, 0.1) is 0 Å². The molecule has 1 aliphatic rings. The summed E-state index contributed by atoms with van der Waals surface area (Å²) in [5.74, 6) is 0.874. The summed E-state index contributed by atoms with van der Waals surface area (Å²) < 4.78 is 1.74. The Labute approximate surface area is 86.9 Å². The molecular formula is C9H12ClN3O. The molecule has 4 nitrogen and oxygen atoms in total. The number of alkyl halides is 1. The molecular weight excluding hydrogens is 202 g/mol. The van der Waals surface area contributed by atoms with E-state index in [1.54, 1.807) is 17.0 Å². The van der Waals surface area contributed by atoms with E-state index in [1.165, 1.54) is 0 Å². The minimum Gasteiger partial charge on any atom is -0.364 e. The van der Waals surface area contributed by atoms with Crippen molar-refractivity contribution in [3.05, 3.63) is 22.7 Å². The Morgan fingerprint density at radius 2 is 2.43 bits per heavy atom. The van der Waals surface area contributed by atoms with Crippen molar-refractivity contribution in [2.45, 2.75) is 18.9 Å². The van der Waals surface area contributed by atoms with E-state index in [4.69, 9.17) is 11.6 Å². The highest BCUT2D eigenvalue weighted by molar-refractivity contribution is 6.18. The molecule has 0 aromatic carbocycles. The van der Waals surface area contributed by atoms with Gasteiger partial charge in [0.15, 0.2) is 5.82 Å². The summed E-state index contributed by atoms with van der Waals surface area (Å²) in [6, 6.07) is 0.391. The maximum atomic E-state index is 11.8. The van der Waals surface area contributed by atoms with Crippen molar-refractivity contribution >= 4 is 17.4 Å². The lowest BCUT2D eigenvalue weighted by molar-refractivity contribution is 0.700. The number of nitrogens with one attached hydrogen (secondary N) is 1. The van der Waals surface area contributed by atoms with Gasteiger partial charge in [-0.1, -0.05) is 0 Å². The normalized spacial score (nSPS) is 15.5. The van der Waals surface area contributed by atoms with E-state index in [1.807, 2.05) is 0 Å². The molecule has 0 bridgehead atoms. The van der Waals surface area contributed by atoms with Gasteiger partial charge in [0.2, 0.25) is 0 Å². The van der Waals surface area contributed by atoms with Crippen LogP contribution < -0.4 is 10.9 Å². The molecule has 1 aliphatic carbocycles. The van der Waals surface area contributed by atoms with Crippen molar-refractivity contribution in [2.75, 3.05) is 17.7 Å². The summed E-state index contributed by atoms with van der Waals surface area (Å²) >= 11 is 5.52. The second kappa shape index (κ2) is 4.00. The van der Waals surface area contributed by atoms with Crippen LogP contribution in [-0.2, 0) is 0 Å². The fourth-order valence-electron chi connectivity index (χ4n) is 1.35. The van der Waals surface area contributed by atoms with Crippen molar-refractivity contribution in [1.82, 2.24) is 9.55 Å². The molecule has 0 saturated heterocycles. The molecule has 0 amide bonds. The van der Waals surface area contributed by atoms with Gasteiger partial charge in [-0.05, 0) is 12.8 Å². The number of halogens is 1. The number of hydrogen-bond donors (Lipinski definition) is 1. The van der Waals surface area contributed by atoms with Crippen LogP contribution in [0.15, 0.2) is 17.2 Å². The molecule has 2 rings (SSSR count). The van der Waals surface area contributed by atoms with E-state index < -0.39 is 0 Å². The van der Waals surface area contributed by atoms with Crippen molar-refractivity contribution in [2.24, 2.45) is 0 Å². The molecule has 14 heavy (non-hydrogen) atoms. The average Bonchev–Trinajstić information content (AvgIpc) is 3.00. The van der Waals surface area contributed by atoms with Gasteiger partial charge in [-0.2, -0.15) is 0 Å². The SMILES string of the molecule is O=c1c(NCCCl)nccn1C1CC1. The maximum Gasteiger partial charge on any atom is 0.293 e. The van der Waals surface area contributed by atoms with Crippen LogP contribution in [0.3, 0.4) is 0 Å². The number of anilines is 1. The van der Waals surface area contributed by atoms with E-state index in [2.05, 4.69) is 10.3 Å². The molecule has 1 fully saturated rings. The Kier molecular flexibility index (Phi) is 2.72. The highest BCUT2D eigenvalue weighted by Crippen LogP contribution is 2.33. The first-order valence-electron chi connectivity index (χ1n) is 4.70. The largest absolute Gasteiger partial charge is 0.364 e. The van der Waals surface area contributed by atoms with E-state index in [-0.39, 0.29) is 5.56 Å². The standard InChI is InChI=1S/C9H12ClN3O/c10-3-4-11-8-9(14)13(6-5-12-8)7-1-2-7/h5-7H,1-4H2,(H,11,12). The van der Waals surface area contributed by atoms with Crippen molar-refractivity contribution in [3.63, 3.8) is 0 Å². The van der Waals surface area contributed by atoms with Crippen molar-refractivity contribution in [3.8, 4) is 0 Å². The molecule has 0 aliphatic heterocycles. The van der Waals surface area contributed by atoms with E-state index in [0.717, 1.165) is 12.8 Å². The van der Waals surface area contributed by atoms with Crippen LogP contribution in [0.1, 0.15) is 18.9 Å². The van der Waals surface area contributed by atoms with Gasteiger partial charge in [-0.3, -0.25) is 4.79 Å². The van der Waals surface area contributed by atoms with Gasteiger partial charge in [0, 0.05) is 30.9 Å². The van der Waals surface area contributed by atoms with Gasteiger partial charge in [0.1, 0.15) is 0 Å². The second-order valence-corrected chi connectivity index (χ2v) is 3.71. The molecule has 0 radical (unpaired) electrons. The van der Waals surface area contributed by atoms with Crippen LogP contribution in [0.5, 0.6) is 0 Å². The summed E-state index contributed by atoms with van der Waals surface area (Å²) in [4.78, 5) is 15.7. The highest BCUT2D eigenvalue weighted by atomic mass is 35.5. The van der Waals surface area contributed by atoms with Gasteiger partial charge < -0.3 is 9.88 Å². The van der Waals surface area contributed by atoms with Crippen LogP contribution in [0.4, 0.5) is 5.82 Å². The number of rotatable bonds is 4. The van der Waals surface area contributed by atoms with Crippen LogP contribution in [0.25, 0.3) is 0 Å². The Morgan fingerprint density at radius 3 is 3.07 bits per heavy atom. The lowest BCUT2D eigenvalue weighted by Crippen LogP contribution is -2.24. The van der Waals surface area contributed by atoms with E-state index >= 15 is 0 Å². The van der Waals surface area contributed by atoms with E-state index in [9.17, 15) is 4.79 Å². The van der Waals surface area contributed by atoms with Gasteiger partial charge in [0.05, 0.1) is 0 Å². The second-order valence-electron chi connectivity index (χ2n) is 3.34. The van der Waals surface area contributed by atoms with E-state index in [0.29, 0.717) is 24.3 Å². The molecule has 1 saturated carbocycles. The third-order valence-electron chi connectivity index (χ3n) is 2.20. The quantitative estimate of drug-likeness (QED) is 0.766. The van der Waals surface area contributed by atoms with Gasteiger partial charge >= 0.3 is 0 Å². The topological polar surface area (TPSA) is 46.9 Å². The highest BCUT2D eigenvalue weighted by Gasteiger charge is 2.24. The molecule has 1 heterocycles. The molecule has 5 heteroatoms. The fraction of sp³-hybridized carbons (Fsp3) is 0.556. The summed E-state index contributed by atoms with van der Waals surface area (Å²) in [5, 5.41) is 2.91. The summed E-state index contributed by atoms with van der Waals surface area (Å²) in [7, 11) is 0. The average molecular weight is 214 g/mol. The van der Waals surface area contributed by atoms with Gasteiger partial charge in [-0.25, -0.2) is 4.98 Å². The van der Waals surface area contributed by atoms with Crippen LogP contribution >= 0.6 is 11.6 Å². The molecule has 76 valence electrons. The van der Waals surface area contributed by atoms with Crippen LogP contribution in [0.2, 0.25) is 0 Å². The lowest BCUT2D eigenvalue weighted by atomic mass is 10.5. The molecule has 0 atom stereocenters. The third-order valence-corrected chi connectivity index (χ3v) is 2.38. The smallest absolute Gasteiger partial charge is 0.293 e. The molecule has 1 aromatic heterocycles. The Bertz CT molecular complexity index is 373. The zero-order valence-corrected chi connectivity index (χ0v) is 8.50. The number of nitrogens with zero attached hydrogens (tertiary/aromatic N) is 2. The number of aromatic nitrogens is 2. The maximum absolute atomic E-state index is 11.8. The lowest BCUT2D eigenvalue weighted by Gasteiger charge is -2.06. The Hall–Kier alpha value is -1.03. The summed E-state index contributed by atoms with van der Waals surface area (Å²) in [6.07, 6.45) is 5.58. The first-order valence-corrected chi connectivity index (χ1v) is 5.23. The minimum absolute atomic E-state index is 0.0416. The monoisotopic (exact) mass is 213 g/mol. The summed E-state index contributed by atoms with van der Waals surface area (Å²) in [5.41, 5.74) is -0.0416. The molecule has 0 unspecified atom stereocenters. The predicted octanol–water partition coefficient (Wildman–Crippen LogP) is 1.23. The third kappa shape index (κ3) is 1.90. The summed E-state index contributed by atoms with van der Waals surface area (Å²) in [6.45, 7) is 0.568. The zero-order chi connectivity index (χ0) is 9.97. The van der Waals surface area contributed by atoms with Crippen LogP contribution in [-0.4, -0.2) is 22.0 Å². The fourth-order valence-corrected chi connectivity index (χ4v) is 1.45. The number of hydrogen-bond acceptors (Lipinski definition) is 3. The first-order chi connectivity index (χ1) is 6.83. The molecule has 1 N–H and O–H groups in total. The van der Waals surface area contributed by atoms with Gasteiger partial charge in [-0.15, -0.1) is 11.6 Å².